The van der Waals surface area contributed by atoms with Crippen LogP contribution in [0.5, 0.6) is 0 Å². The highest BCUT2D eigenvalue weighted by Crippen LogP contribution is 2.23. The summed E-state index contributed by atoms with van der Waals surface area (Å²) in [6, 6.07) is 14.2. The Morgan fingerprint density at radius 2 is 1.90 bits per heavy atom. The van der Waals surface area contributed by atoms with Crippen molar-refractivity contribution < 1.29 is 4.39 Å². The minimum absolute atomic E-state index is 0.0851. The maximum atomic E-state index is 13.2. The van der Waals surface area contributed by atoms with Crippen molar-refractivity contribution in [3.8, 4) is 5.69 Å². The molecular formula is C15H11ClFN3. The van der Waals surface area contributed by atoms with E-state index in [2.05, 4.69) is 10.3 Å². The lowest BCUT2D eigenvalue weighted by Gasteiger charge is -2.10. The standard InChI is InChI=1S/C15H11ClFN3/c16-13-10-12(6-7-14(13)17)20-9-8-18-15(20)19-11-4-2-1-3-5-11/h1-10H,(H,18,19). The Bertz CT molecular complexity index is 725. The van der Waals surface area contributed by atoms with E-state index < -0.39 is 5.82 Å². The third kappa shape index (κ3) is 2.51. The zero-order valence-corrected chi connectivity index (χ0v) is 11.2. The molecule has 0 radical (unpaired) electrons. The second-order valence-electron chi connectivity index (χ2n) is 4.21. The highest BCUT2D eigenvalue weighted by Gasteiger charge is 2.07. The summed E-state index contributed by atoms with van der Waals surface area (Å²) in [5, 5.41) is 3.29. The second kappa shape index (κ2) is 5.35. The quantitative estimate of drug-likeness (QED) is 0.773. The largest absolute Gasteiger partial charge is 0.325 e. The van der Waals surface area contributed by atoms with Crippen molar-refractivity contribution in [3.63, 3.8) is 0 Å². The molecule has 1 heterocycles. The Kier molecular flexibility index (Phi) is 3.39. The Labute approximate surface area is 120 Å². The van der Waals surface area contributed by atoms with Gasteiger partial charge in [0.1, 0.15) is 5.82 Å². The van der Waals surface area contributed by atoms with Gasteiger partial charge in [-0.15, -0.1) is 0 Å². The smallest absolute Gasteiger partial charge is 0.212 e. The Morgan fingerprint density at radius 1 is 1.10 bits per heavy atom. The maximum absolute atomic E-state index is 13.2. The predicted octanol–water partition coefficient (Wildman–Crippen LogP) is 4.41. The van der Waals surface area contributed by atoms with Gasteiger partial charge in [-0.1, -0.05) is 29.8 Å². The first kappa shape index (κ1) is 12.7. The maximum Gasteiger partial charge on any atom is 0.212 e. The van der Waals surface area contributed by atoms with Crippen LogP contribution >= 0.6 is 11.6 Å². The summed E-state index contributed by atoms with van der Waals surface area (Å²) in [5.74, 6) is 0.201. The van der Waals surface area contributed by atoms with E-state index in [1.165, 1.54) is 6.07 Å². The molecule has 0 atom stereocenters. The van der Waals surface area contributed by atoms with Gasteiger partial charge in [0.05, 0.1) is 10.7 Å². The first-order chi connectivity index (χ1) is 9.74. The first-order valence-corrected chi connectivity index (χ1v) is 6.43. The van der Waals surface area contributed by atoms with Gasteiger partial charge in [-0.25, -0.2) is 9.37 Å². The minimum atomic E-state index is -0.437. The lowest BCUT2D eigenvalue weighted by Crippen LogP contribution is -2.01. The zero-order valence-electron chi connectivity index (χ0n) is 10.4. The van der Waals surface area contributed by atoms with Gasteiger partial charge in [0.2, 0.25) is 5.95 Å². The van der Waals surface area contributed by atoms with Crippen molar-refractivity contribution in [1.82, 2.24) is 9.55 Å². The second-order valence-corrected chi connectivity index (χ2v) is 4.62. The molecule has 0 aliphatic rings. The van der Waals surface area contributed by atoms with Crippen LogP contribution in [0.3, 0.4) is 0 Å². The third-order valence-electron chi connectivity index (χ3n) is 2.85. The number of nitrogens with zero attached hydrogens (tertiary/aromatic N) is 2. The summed E-state index contributed by atoms with van der Waals surface area (Å²) in [6.07, 6.45) is 3.46. The molecule has 1 N–H and O–H groups in total. The molecule has 0 amide bonds. The van der Waals surface area contributed by atoms with Crippen molar-refractivity contribution in [2.45, 2.75) is 0 Å². The van der Waals surface area contributed by atoms with E-state index in [1.54, 1.807) is 29.1 Å². The van der Waals surface area contributed by atoms with E-state index in [9.17, 15) is 4.39 Å². The molecule has 3 nitrogen and oxygen atoms in total. The molecule has 0 aliphatic heterocycles. The van der Waals surface area contributed by atoms with Gasteiger partial charge in [-0.05, 0) is 30.3 Å². The first-order valence-electron chi connectivity index (χ1n) is 6.05. The molecule has 100 valence electrons. The van der Waals surface area contributed by atoms with Crippen molar-refractivity contribution >= 4 is 23.2 Å². The summed E-state index contributed by atoms with van der Waals surface area (Å²) in [6.45, 7) is 0. The molecule has 5 heteroatoms. The van der Waals surface area contributed by atoms with Crippen LogP contribution in [0.25, 0.3) is 5.69 Å². The van der Waals surface area contributed by atoms with Gasteiger partial charge >= 0.3 is 0 Å². The van der Waals surface area contributed by atoms with E-state index in [-0.39, 0.29) is 5.02 Å². The Morgan fingerprint density at radius 3 is 2.65 bits per heavy atom. The van der Waals surface area contributed by atoms with Crippen LogP contribution < -0.4 is 5.32 Å². The molecule has 3 rings (SSSR count). The average molecular weight is 288 g/mol. The molecule has 1 aromatic heterocycles. The number of para-hydroxylation sites is 1. The normalized spacial score (nSPS) is 10.5. The Hall–Kier alpha value is -2.33. The summed E-state index contributed by atoms with van der Waals surface area (Å²) in [7, 11) is 0. The van der Waals surface area contributed by atoms with Gasteiger partial charge < -0.3 is 5.32 Å². The molecule has 3 aromatic rings. The van der Waals surface area contributed by atoms with Crippen LogP contribution in [-0.4, -0.2) is 9.55 Å². The molecule has 0 fully saturated rings. The van der Waals surface area contributed by atoms with E-state index in [4.69, 9.17) is 11.6 Å². The van der Waals surface area contributed by atoms with Crippen LogP contribution in [0.2, 0.25) is 5.02 Å². The Balaban J connectivity index is 1.95. The number of anilines is 2. The van der Waals surface area contributed by atoms with Gasteiger partial charge in [0.25, 0.3) is 0 Å². The van der Waals surface area contributed by atoms with Crippen LogP contribution in [0, 0.1) is 5.82 Å². The fourth-order valence-corrected chi connectivity index (χ4v) is 2.06. The van der Waals surface area contributed by atoms with Crippen LogP contribution in [0.4, 0.5) is 16.0 Å². The number of imidazole rings is 1. The SMILES string of the molecule is Fc1ccc(-n2ccnc2Nc2ccccc2)cc1Cl. The molecule has 0 saturated heterocycles. The zero-order chi connectivity index (χ0) is 13.9. The van der Waals surface area contributed by atoms with Crippen molar-refractivity contribution in [3.05, 3.63) is 71.8 Å². The number of aromatic nitrogens is 2. The summed E-state index contributed by atoms with van der Waals surface area (Å²) in [4.78, 5) is 4.25. The van der Waals surface area contributed by atoms with Crippen LogP contribution in [0.1, 0.15) is 0 Å². The summed E-state index contributed by atoms with van der Waals surface area (Å²) >= 11 is 5.81. The number of hydrogen-bond donors (Lipinski definition) is 1. The van der Waals surface area contributed by atoms with Crippen molar-refractivity contribution in [2.24, 2.45) is 0 Å². The lowest BCUT2D eigenvalue weighted by atomic mass is 10.3. The molecule has 0 saturated carbocycles. The van der Waals surface area contributed by atoms with Gasteiger partial charge in [0.15, 0.2) is 0 Å². The highest BCUT2D eigenvalue weighted by molar-refractivity contribution is 6.30. The van der Waals surface area contributed by atoms with Gasteiger partial charge in [0, 0.05) is 18.1 Å². The van der Waals surface area contributed by atoms with E-state index in [1.807, 2.05) is 30.3 Å². The topological polar surface area (TPSA) is 29.9 Å². The number of benzene rings is 2. The average Bonchev–Trinajstić information content (AvgIpc) is 2.91. The fourth-order valence-electron chi connectivity index (χ4n) is 1.89. The van der Waals surface area contributed by atoms with E-state index in [0.29, 0.717) is 5.95 Å². The van der Waals surface area contributed by atoms with Crippen molar-refractivity contribution in [1.29, 1.82) is 0 Å². The number of nitrogens with one attached hydrogen (secondary N) is 1. The molecule has 20 heavy (non-hydrogen) atoms. The molecule has 0 unspecified atom stereocenters. The van der Waals surface area contributed by atoms with Crippen molar-refractivity contribution in [2.75, 3.05) is 5.32 Å². The summed E-state index contributed by atoms with van der Waals surface area (Å²) < 4.78 is 15.0. The number of hydrogen-bond acceptors (Lipinski definition) is 2. The predicted molar refractivity (Wildman–Crippen MR) is 78.3 cm³/mol. The molecular weight excluding hydrogens is 277 g/mol. The van der Waals surface area contributed by atoms with E-state index in [0.717, 1.165) is 11.4 Å². The highest BCUT2D eigenvalue weighted by atomic mass is 35.5. The van der Waals surface area contributed by atoms with Gasteiger partial charge in [-0.2, -0.15) is 0 Å². The number of rotatable bonds is 3. The molecule has 0 aliphatic carbocycles. The summed E-state index contributed by atoms with van der Waals surface area (Å²) in [5.41, 5.74) is 1.67. The minimum Gasteiger partial charge on any atom is -0.325 e. The molecule has 0 spiro atoms. The van der Waals surface area contributed by atoms with Crippen LogP contribution in [0.15, 0.2) is 60.9 Å². The van der Waals surface area contributed by atoms with Gasteiger partial charge in [-0.3, -0.25) is 4.57 Å². The van der Waals surface area contributed by atoms with E-state index >= 15 is 0 Å². The number of halogens is 2. The molecule has 2 aromatic carbocycles. The van der Waals surface area contributed by atoms with Crippen LogP contribution in [-0.2, 0) is 0 Å². The lowest BCUT2D eigenvalue weighted by molar-refractivity contribution is 0.628. The third-order valence-corrected chi connectivity index (χ3v) is 3.14. The molecule has 0 bridgehead atoms. The monoisotopic (exact) mass is 287 g/mol. The fraction of sp³-hybridized carbons (Fsp3) is 0.